The van der Waals surface area contributed by atoms with Crippen LogP contribution in [0.1, 0.15) is 22.3 Å². The maximum absolute atomic E-state index is 7.19. The van der Waals surface area contributed by atoms with Crippen molar-refractivity contribution in [3.05, 3.63) is 144 Å². The second-order valence-electron chi connectivity index (χ2n) is 15.7. The van der Waals surface area contributed by atoms with Crippen molar-refractivity contribution in [1.29, 1.82) is 0 Å². The van der Waals surface area contributed by atoms with Crippen molar-refractivity contribution < 1.29 is 9.47 Å². The number of thiophene rings is 3. The van der Waals surface area contributed by atoms with E-state index in [0.717, 1.165) is 23.0 Å². The van der Waals surface area contributed by atoms with Gasteiger partial charge in [-0.1, -0.05) is 84.9 Å². The quantitative estimate of drug-likeness (QED) is 0.163. The summed E-state index contributed by atoms with van der Waals surface area (Å²) < 4.78 is 20.8. The zero-order valence-corrected chi connectivity index (χ0v) is 34.1. The third-order valence-electron chi connectivity index (χ3n) is 12.5. The lowest BCUT2D eigenvalue weighted by Gasteiger charge is -2.39. The van der Waals surface area contributed by atoms with Gasteiger partial charge in [0.2, 0.25) is 0 Å². The summed E-state index contributed by atoms with van der Waals surface area (Å²) in [6.07, 6.45) is 0. The topological polar surface area (TPSA) is 24.9 Å². The second-order valence-corrected chi connectivity index (χ2v) is 18.9. The Morgan fingerprint density at radius 2 is 0.930 bits per heavy atom. The first-order valence-corrected chi connectivity index (χ1v) is 21.9. The molecule has 13 rings (SSSR count). The minimum absolute atomic E-state index is 0.00287. The largest absolute Gasteiger partial charge is 0.454 e. The molecule has 6 aromatic carbocycles. The van der Waals surface area contributed by atoms with Crippen molar-refractivity contribution in [2.45, 2.75) is 27.7 Å². The molecule has 0 N–H and O–H groups in total. The van der Waals surface area contributed by atoms with Gasteiger partial charge >= 0.3 is 0 Å². The molecule has 4 aliphatic rings. The lowest BCUT2D eigenvalue weighted by Crippen LogP contribution is -2.58. The van der Waals surface area contributed by atoms with Crippen LogP contribution in [-0.2, 0) is 0 Å². The predicted octanol–water partition coefficient (Wildman–Crippen LogP) is 10.2. The van der Waals surface area contributed by atoms with Crippen LogP contribution in [-0.4, -0.2) is 13.4 Å². The van der Waals surface area contributed by atoms with Gasteiger partial charge in [-0.05, 0) is 108 Å². The lowest BCUT2D eigenvalue weighted by atomic mass is 9.37. The molecule has 0 atom stereocenters. The normalized spacial score (nSPS) is 14.1. The molecule has 0 saturated heterocycles. The molecule has 0 amide bonds. The highest BCUT2D eigenvalue weighted by Gasteiger charge is 2.51. The van der Waals surface area contributed by atoms with E-state index in [4.69, 9.17) is 9.47 Å². The summed E-state index contributed by atoms with van der Waals surface area (Å²) >= 11 is 5.71. The Bertz CT molecular complexity index is 3210. The van der Waals surface area contributed by atoms with E-state index in [0.29, 0.717) is 0 Å². The number of para-hydroxylation sites is 2. The van der Waals surface area contributed by atoms with Crippen molar-refractivity contribution in [2.75, 3.05) is 9.80 Å². The Labute approximate surface area is 343 Å². The summed E-state index contributed by atoms with van der Waals surface area (Å²) in [5, 5.41) is 3.87. The molecule has 0 aliphatic carbocycles. The van der Waals surface area contributed by atoms with Gasteiger partial charge < -0.3 is 19.3 Å². The Hall–Kier alpha value is -5.73. The van der Waals surface area contributed by atoms with Gasteiger partial charge in [-0.15, -0.1) is 22.7 Å². The zero-order valence-electron chi connectivity index (χ0n) is 31.6. The van der Waals surface area contributed by atoms with Gasteiger partial charge in [0.1, 0.15) is 11.5 Å². The third-order valence-corrected chi connectivity index (χ3v) is 16.2. The van der Waals surface area contributed by atoms with Crippen LogP contribution in [0.4, 0.5) is 33.4 Å². The maximum Gasteiger partial charge on any atom is 0.281 e. The third kappa shape index (κ3) is 4.14. The van der Waals surface area contributed by atoms with Crippen LogP contribution >= 0.6 is 34.0 Å². The number of anilines is 6. The van der Waals surface area contributed by atoms with Crippen molar-refractivity contribution in [2.24, 2.45) is 0 Å². The Morgan fingerprint density at radius 3 is 1.58 bits per heavy atom. The first-order valence-electron chi connectivity index (χ1n) is 19.5. The fourth-order valence-electron chi connectivity index (χ4n) is 10.2. The number of rotatable bonds is 2. The summed E-state index contributed by atoms with van der Waals surface area (Å²) in [6, 6.07) is 44.3. The Kier molecular flexibility index (Phi) is 6.50. The van der Waals surface area contributed by atoms with E-state index in [9.17, 15) is 0 Å². The molecular formula is C48H32B2N2O2S3. The summed E-state index contributed by atoms with van der Waals surface area (Å²) in [6.45, 7) is 8.92. The minimum atomic E-state index is -0.00922. The van der Waals surface area contributed by atoms with E-state index in [-0.39, 0.29) is 13.4 Å². The zero-order chi connectivity index (χ0) is 37.8. The molecule has 3 aromatic heterocycles. The number of benzene rings is 6. The van der Waals surface area contributed by atoms with Crippen LogP contribution in [0.15, 0.2) is 121 Å². The van der Waals surface area contributed by atoms with Crippen LogP contribution in [0.5, 0.6) is 23.0 Å². The number of aryl methyl sites for hydroxylation is 4. The van der Waals surface area contributed by atoms with Crippen molar-refractivity contribution in [3.8, 4) is 23.0 Å². The number of nitrogens with zero attached hydrogens (tertiary/aromatic N) is 2. The predicted molar refractivity (Wildman–Crippen MR) is 246 cm³/mol. The van der Waals surface area contributed by atoms with Gasteiger partial charge in [-0.3, -0.25) is 0 Å². The number of hydrogen-bond donors (Lipinski definition) is 0. The van der Waals surface area contributed by atoms with E-state index < -0.39 is 0 Å². The van der Waals surface area contributed by atoms with Crippen molar-refractivity contribution in [3.63, 3.8) is 0 Å². The molecule has 9 heteroatoms. The fourth-order valence-corrected chi connectivity index (χ4v) is 14.2. The number of hydrogen-bond acceptors (Lipinski definition) is 7. The smallest absolute Gasteiger partial charge is 0.281 e. The molecule has 7 heterocycles. The van der Waals surface area contributed by atoms with E-state index in [1.165, 1.54) is 107 Å². The minimum Gasteiger partial charge on any atom is -0.454 e. The van der Waals surface area contributed by atoms with Crippen molar-refractivity contribution >= 4 is 132 Å². The van der Waals surface area contributed by atoms with Gasteiger partial charge in [0.15, 0.2) is 11.5 Å². The van der Waals surface area contributed by atoms with Gasteiger partial charge in [0, 0.05) is 40.5 Å². The summed E-state index contributed by atoms with van der Waals surface area (Å²) in [5.41, 5.74) is 15.0. The SMILES string of the molecule is Cc1cccc(C)c1N1c2cccc3c2B(c2sc4c(c2O3)Oc2cccc3c2B4c2sc4ccccc4c2N3c2c(C)cccc2C)c2c1sc1ccccc21. The van der Waals surface area contributed by atoms with Crippen LogP contribution in [0.25, 0.3) is 20.2 Å². The monoisotopic (exact) mass is 786 g/mol. The molecule has 0 unspecified atom stereocenters. The average Bonchev–Trinajstić information content (AvgIpc) is 3.91. The highest BCUT2D eigenvalue weighted by molar-refractivity contribution is 7.43. The van der Waals surface area contributed by atoms with Crippen molar-refractivity contribution in [1.82, 2.24) is 0 Å². The molecule has 9 aromatic rings. The van der Waals surface area contributed by atoms with Crippen LogP contribution in [0.2, 0.25) is 0 Å². The van der Waals surface area contributed by atoms with Gasteiger partial charge in [0.25, 0.3) is 13.4 Å². The molecule has 0 bridgehead atoms. The van der Waals surface area contributed by atoms with Gasteiger partial charge in [0.05, 0.1) is 22.1 Å². The summed E-state index contributed by atoms with van der Waals surface area (Å²) in [5.74, 6) is 3.53. The summed E-state index contributed by atoms with van der Waals surface area (Å²) in [7, 11) is 0. The van der Waals surface area contributed by atoms with E-state index in [1.54, 1.807) is 0 Å². The molecule has 0 fully saturated rings. The Balaban J connectivity index is 1.09. The molecule has 57 heavy (non-hydrogen) atoms. The highest BCUT2D eigenvalue weighted by atomic mass is 32.1. The molecule has 0 radical (unpaired) electrons. The Morgan fingerprint density at radius 1 is 0.421 bits per heavy atom. The number of fused-ring (bicyclic) bond motifs is 13. The average molecular weight is 787 g/mol. The van der Waals surface area contributed by atoms with Crippen LogP contribution in [0.3, 0.4) is 0 Å². The van der Waals surface area contributed by atoms with Crippen LogP contribution in [0, 0.1) is 27.7 Å². The first kappa shape index (κ1) is 32.4. The molecule has 4 nitrogen and oxygen atoms in total. The second kappa shape index (κ2) is 11.4. The molecule has 270 valence electrons. The first-order chi connectivity index (χ1) is 28.0. The molecule has 0 saturated carbocycles. The standard InChI is InChI=1S/C48H32B2N2O2S3/c1-25-13-9-14-26(2)40(25)51-31-19-11-22-34-39(31)50(45-42(51)30-18-6-8-24-36(30)55-45)47-44(54-34)43-46(57-47)49-37-29-17-5-7-23-35(29)56-48(37)52(41-27(3)15-10-16-28(41)4)32-20-12-21-33(53-43)38(32)49/h5-24H,1-4H3. The van der Waals surface area contributed by atoms with Gasteiger partial charge in [-0.25, -0.2) is 0 Å². The maximum atomic E-state index is 7.19. The fraction of sp³-hybridized carbons (Fsp3) is 0.0833. The van der Waals surface area contributed by atoms with E-state index in [1.807, 2.05) is 34.0 Å². The highest BCUT2D eigenvalue weighted by Crippen LogP contribution is 2.52. The van der Waals surface area contributed by atoms with E-state index in [2.05, 4.69) is 159 Å². The molecule has 0 spiro atoms. The van der Waals surface area contributed by atoms with E-state index >= 15 is 0 Å². The number of ether oxygens (including phenoxy) is 2. The summed E-state index contributed by atoms with van der Waals surface area (Å²) in [4.78, 5) is 5.05. The molecule has 4 aliphatic heterocycles. The molecular weight excluding hydrogens is 754 g/mol. The van der Waals surface area contributed by atoms with Gasteiger partial charge in [-0.2, -0.15) is 11.3 Å². The lowest BCUT2D eigenvalue weighted by molar-refractivity contribution is 0.427. The van der Waals surface area contributed by atoms with Crippen LogP contribution < -0.4 is 50.0 Å².